The molecule has 4 nitrogen and oxygen atoms in total. The van der Waals surface area contributed by atoms with Gasteiger partial charge < -0.3 is 10.6 Å². The SMILES string of the molecule is CCCC(=O)Nc1ccc(-c2nc(NCC)sc2C)cc1. The second kappa shape index (κ2) is 7.22. The lowest BCUT2D eigenvalue weighted by atomic mass is 10.1. The van der Waals surface area contributed by atoms with Crippen LogP contribution in [0.25, 0.3) is 11.3 Å². The summed E-state index contributed by atoms with van der Waals surface area (Å²) >= 11 is 1.66. The molecule has 0 saturated heterocycles. The van der Waals surface area contributed by atoms with Gasteiger partial charge in [-0.3, -0.25) is 4.79 Å². The molecule has 0 aliphatic rings. The van der Waals surface area contributed by atoms with Gasteiger partial charge in [0, 0.05) is 29.1 Å². The molecule has 0 aliphatic heterocycles. The van der Waals surface area contributed by atoms with Gasteiger partial charge in [-0.1, -0.05) is 19.1 Å². The second-order valence-electron chi connectivity index (χ2n) is 4.83. The maximum atomic E-state index is 11.6. The molecule has 0 atom stereocenters. The van der Waals surface area contributed by atoms with E-state index in [-0.39, 0.29) is 5.91 Å². The second-order valence-corrected chi connectivity index (χ2v) is 6.03. The van der Waals surface area contributed by atoms with E-state index in [0.29, 0.717) is 6.42 Å². The zero-order chi connectivity index (χ0) is 15.2. The number of aryl methyl sites for hydroxylation is 1. The van der Waals surface area contributed by atoms with Crippen molar-refractivity contribution in [3.05, 3.63) is 29.1 Å². The van der Waals surface area contributed by atoms with Crippen molar-refractivity contribution in [3.63, 3.8) is 0 Å². The van der Waals surface area contributed by atoms with Crippen LogP contribution in [0, 0.1) is 6.92 Å². The number of rotatable bonds is 6. The van der Waals surface area contributed by atoms with Crippen LogP contribution in [0.1, 0.15) is 31.6 Å². The first kappa shape index (κ1) is 15.5. The summed E-state index contributed by atoms with van der Waals surface area (Å²) in [5.74, 6) is 0.0597. The summed E-state index contributed by atoms with van der Waals surface area (Å²) in [5.41, 5.74) is 2.90. The number of carbonyl (C=O) groups is 1. The molecule has 1 aromatic carbocycles. The first-order valence-electron chi connectivity index (χ1n) is 7.25. The first-order valence-corrected chi connectivity index (χ1v) is 8.07. The van der Waals surface area contributed by atoms with E-state index in [1.165, 1.54) is 4.88 Å². The highest BCUT2D eigenvalue weighted by Crippen LogP contribution is 2.30. The third-order valence-electron chi connectivity index (χ3n) is 3.04. The smallest absolute Gasteiger partial charge is 0.224 e. The summed E-state index contributed by atoms with van der Waals surface area (Å²) in [5, 5.41) is 7.08. The lowest BCUT2D eigenvalue weighted by Gasteiger charge is -2.05. The topological polar surface area (TPSA) is 54.0 Å². The Kier molecular flexibility index (Phi) is 5.33. The molecule has 5 heteroatoms. The first-order chi connectivity index (χ1) is 10.1. The van der Waals surface area contributed by atoms with Gasteiger partial charge in [0.1, 0.15) is 0 Å². The Hall–Kier alpha value is -1.88. The Bertz CT molecular complexity index is 604. The molecule has 1 heterocycles. The van der Waals surface area contributed by atoms with Crippen molar-refractivity contribution >= 4 is 28.1 Å². The van der Waals surface area contributed by atoms with Gasteiger partial charge in [0.2, 0.25) is 5.91 Å². The largest absolute Gasteiger partial charge is 0.362 e. The van der Waals surface area contributed by atoms with Crippen LogP contribution in [0.15, 0.2) is 24.3 Å². The Labute approximate surface area is 129 Å². The fraction of sp³-hybridized carbons (Fsp3) is 0.375. The van der Waals surface area contributed by atoms with E-state index in [0.717, 1.165) is 35.0 Å². The van der Waals surface area contributed by atoms with Crippen LogP contribution >= 0.6 is 11.3 Å². The minimum atomic E-state index is 0.0597. The Balaban J connectivity index is 2.13. The summed E-state index contributed by atoms with van der Waals surface area (Å²) in [7, 11) is 0. The summed E-state index contributed by atoms with van der Waals surface area (Å²) in [6.45, 7) is 7.00. The molecule has 0 bridgehead atoms. The van der Waals surface area contributed by atoms with Crippen LogP contribution in [0.5, 0.6) is 0 Å². The summed E-state index contributed by atoms with van der Waals surface area (Å²) in [6, 6.07) is 7.85. The zero-order valence-electron chi connectivity index (χ0n) is 12.7. The number of carbonyl (C=O) groups excluding carboxylic acids is 1. The molecular weight excluding hydrogens is 282 g/mol. The third kappa shape index (κ3) is 4.04. The van der Waals surface area contributed by atoms with Gasteiger partial charge in [-0.05, 0) is 32.4 Å². The van der Waals surface area contributed by atoms with Crippen LogP contribution in [0.3, 0.4) is 0 Å². The van der Waals surface area contributed by atoms with Gasteiger partial charge >= 0.3 is 0 Å². The molecule has 2 rings (SSSR count). The Morgan fingerprint density at radius 2 is 1.95 bits per heavy atom. The number of hydrogen-bond acceptors (Lipinski definition) is 4. The molecule has 0 fully saturated rings. The standard InChI is InChI=1S/C16H21N3OS/c1-4-6-14(20)18-13-9-7-12(8-10-13)15-11(3)21-16(19-15)17-5-2/h7-10H,4-6H2,1-3H3,(H,17,19)(H,18,20). The van der Waals surface area contributed by atoms with Crippen molar-refractivity contribution < 1.29 is 4.79 Å². The summed E-state index contributed by atoms with van der Waals surface area (Å²) in [6.07, 6.45) is 1.41. The number of hydrogen-bond donors (Lipinski definition) is 2. The predicted molar refractivity (Wildman–Crippen MR) is 90.0 cm³/mol. The van der Waals surface area contributed by atoms with E-state index < -0.39 is 0 Å². The highest BCUT2D eigenvalue weighted by molar-refractivity contribution is 7.16. The number of nitrogens with zero attached hydrogens (tertiary/aromatic N) is 1. The van der Waals surface area contributed by atoms with E-state index in [2.05, 4.69) is 29.5 Å². The van der Waals surface area contributed by atoms with E-state index in [1.54, 1.807) is 11.3 Å². The molecular formula is C16H21N3OS. The molecule has 0 saturated carbocycles. The molecule has 0 spiro atoms. The van der Waals surface area contributed by atoms with E-state index in [4.69, 9.17) is 0 Å². The molecule has 1 aromatic heterocycles. The number of anilines is 2. The average molecular weight is 303 g/mol. The predicted octanol–water partition coefficient (Wildman–Crippen LogP) is 4.29. The van der Waals surface area contributed by atoms with Gasteiger partial charge in [0.25, 0.3) is 0 Å². The van der Waals surface area contributed by atoms with Crippen LogP contribution in [0.2, 0.25) is 0 Å². The van der Waals surface area contributed by atoms with Crippen molar-refractivity contribution in [1.29, 1.82) is 0 Å². The number of aromatic nitrogens is 1. The molecule has 0 aliphatic carbocycles. The fourth-order valence-corrected chi connectivity index (χ4v) is 2.96. The highest BCUT2D eigenvalue weighted by atomic mass is 32.1. The van der Waals surface area contributed by atoms with Crippen molar-refractivity contribution in [1.82, 2.24) is 4.98 Å². The molecule has 0 radical (unpaired) electrons. The van der Waals surface area contributed by atoms with Gasteiger partial charge in [0.05, 0.1) is 5.69 Å². The van der Waals surface area contributed by atoms with Crippen molar-refractivity contribution in [2.75, 3.05) is 17.2 Å². The van der Waals surface area contributed by atoms with E-state index in [9.17, 15) is 4.79 Å². The Morgan fingerprint density at radius 1 is 1.24 bits per heavy atom. The number of benzene rings is 1. The molecule has 21 heavy (non-hydrogen) atoms. The van der Waals surface area contributed by atoms with E-state index >= 15 is 0 Å². The van der Waals surface area contributed by atoms with Gasteiger partial charge in [-0.15, -0.1) is 11.3 Å². The van der Waals surface area contributed by atoms with E-state index in [1.807, 2.05) is 31.2 Å². The van der Waals surface area contributed by atoms with Gasteiger partial charge in [-0.2, -0.15) is 0 Å². The minimum absolute atomic E-state index is 0.0597. The molecule has 2 aromatic rings. The van der Waals surface area contributed by atoms with Crippen LogP contribution in [-0.4, -0.2) is 17.4 Å². The number of thiazole rings is 1. The third-order valence-corrected chi connectivity index (χ3v) is 3.97. The van der Waals surface area contributed by atoms with Crippen molar-refractivity contribution in [2.45, 2.75) is 33.6 Å². The minimum Gasteiger partial charge on any atom is -0.362 e. The van der Waals surface area contributed by atoms with Crippen molar-refractivity contribution in [2.24, 2.45) is 0 Å². The quantitative estimate of drug-likeness (QED) is 0.837. The lowest BCUT2D eigenvalue weighted by molar-refractivity contribution is -0.116. The molecule has 2 N–H and O–H groups in total. The lowest BCUT2D eigenvalue weighted by Crippen LogP contribution is -2.10. The van der Waals surface area contributed by atoms with Crippen molar-refractivity contribution in [3.8, 4) is 11.3 Å². The maximum Gasteiger partial charge on any atom is 0.224 e. The average Bonchev–Trinajstić information content (AvgIpc) is 2.81. The Morgan fingerprint density at radius 3 is 2.57 bits per heavy atom. The van der Waals surface area contributed by atoms with Crippen LogP contribution in [0.4, 0.5) is 10.8 Å². The zero-order valence-corrected chi connectivity index (χ0v) is 13.5. The fourth-order valence-electron chi connectivity index (χ4n) is 2.05. The summed E-state index contributed by atoms with van der Waals surface area (Å²) < 4.78 is 0. The van der Waals surface area contributed by atoms with Gasteiger partial charge in [0.15, 0.2) is 5.13 Å². The monoisotopic (exact) mass is 303 g/mol. The normalized spacial score (nSPS) is 10.4. The van der Waals surface area contributed by atoms with Crippen LogP contribution < -0.4 is 10.6 Å². The molecule has 0 unspecified atom stereocenters. The molecule has 1 amide bonds. The summed E-state index contributed by atoms with van der Waals surface area (Å²) in [4.78, 5) is 17.4. The number of nitrogens with one attached hydrogen (secondary N) is 2. The maximum absolute atomic E-state index is 11.6. The highest BCUT2D eigenvalue weighted by Gasteiger charge is 2.09. The molecule has 112 valence electrons. The van der Waals surface area contributed by atoms with Crippen LogP contribution in [-0.2, 0) is 4.79 Å². The van der Waals surface area contributed by atoms with Gasteiger partial charge in [-0.25, -0.2) is 4.98 Å². The number of amides is 1.